The first-order valence-electron chi connectivity index (χ1n) is 18.2. The number of piperazine rings is 3. The van der Waals surface area contributed by atoms with Gasteiger partial charge < -0.3 is 28.2 Å². The Kier molecular flexibility index (Phi) is 11.6. The Bertz CT molecular complexity index is 1870. The fourth-order valence-electron chi connectivity index (χ4n) is 7.44. The van der Waals surface area contributed by atoms with Crippen LogP contribution in [0.1, 0.15) is 56.3 Å². The van der Waals surface area contributed by atoms with Crippen molar-refractivity contribution >= 4 is 22.5 Å². The van der Waals surface area contributed by atoms with E-state index in [1.807, 2.05) is 6.92 Å². The maximum Gasteiger partial charge on any atom is 0.263 e. The number of ether oxygens (including phenoxy) is 3. The lowest BCUT2D eigenvalue weighted by molar-refractivity contribution is -0.941. The minimum atomic E-state index is -0.821. The smallest absolute Gasteiger partial charge is 0.263 e. The van der Waals surface area contributed by atoms with Crippen LogP contribution >= 0.6 is 0 Å². The molecule has 3 aromatic carbocycles. The van der Waals surface area contributed by atoms with E-state index >= 15 is 0 Å². The number of halogens is 2. The van der Waals surface area contributed by atoms with Crippen LogP contribution in [0.25, 0.3) is 16.6 Å². The highest BCUT2D eigenvalue weighted by Gasteiger charge is 2.37. The highest BCUT2D eigenvalue weighted by atomic mass is 19.1. The lowest BCUT2D eigenvalue weighted by Crippen LogP contribution is -2.67. The van der Waals surface area contributed by atoms with Crippen molar-refractivity contribution in [1.82, 2.24) is 9.47 Å². The third-order valence-corrected chi connectivity index (χ3v) is 10.3. The van der Waals surface area contributed by atoms with Crippen molar-refractivity contribution in [3.63, 3.8) is 0 Å². The zero-order valence-corrected chi connectivity index (χ0v) is 30.0. The molecule has 1 aromatic heterocycles. The summed E-state index contributed by atoms with van der Waals surface area (Å²) in [6.45, 7) is 13.6. The minimum Gasteiger partial charge on any atom is -0.497 e. The molecule has 3 aliphatic rings. The number of hydrogen-bond acceptors (Lipinski definition) is 6. The van der Waals surface area contributed by atoms with Crippen molar-refractivity contribution in [3.05, 3.63) is 88.2 Å². The number of quaternary nitrogens is 1. The van der Waals surface area contributed by atoms with Gasteiger partial charge in [-0.3, -0.25) is 14.5 Å². The lowest BCUT2D eigenvalue weighted by atomic mass is 10.1. The third-order valence-electron chi connectivity index (χ3n) is 10.3. The monoisotopic (exact) mass is 703 g/mol. The van der Waals surface area contributed by atoms with Crippen LogP contribution in [0.2, 0.25) is 0 Å². The molecule has 4 aromatic rings. The maximum absolute atomic E-state index is 14.2. The summed E-state index contributed by atoms with van der Waals surface area (Å²) < 4.78 is 48.9. The van der Waals surface area contributed by atoms with Crippen LogP contribution in [-0.4, -0.2) is 92.5 Å². The van der Waals surface area contributed by atoms with Gasteiger partial charge in [-0.25, -0.2) is 8.78 Å². The molecule has 0 spiro atoms. The van der Waals surface area contributed by atoms with E-state index in [1.165, 1.54) is 80.7 Å². The molecule has 3 fully saturated rings. The van der Waals surface area contributed by atoms with Gasteiger partial charge >= 0.3 is 0 Å². The highest BCUT2D eigenvalue weighted by molar-refractivity contribution is 6.07. The zero-order chi connectivity index (χ0) is 36.0. The van der Waals surface area contributed by atoms with E-state index < -0.39 is 23.0 Å². The van der Waals surface area contributed by atoms with Gasteiger partial charge in [0.15, 0.2) is 0 Å². The van der Waals surface area contributed by atoms with Gasteiger partial charge in [0.05, 0.1) is 57.7 Å². The van der Waals surface area contributed by atoms with Crippen LogP contribution in [0.15, 0.2) is 65.6 Å². The Morgan fingerprint density at radius 2 is 1.51 bits per heavy atom. The largest absolute Gasteiger partial charge is 0.497 e. The molecule has 272 valence electrons. The lowest BCUT2D eigenvalue weighted by Gasteiger charge is -2.50. The summed E-state index contributed by atoms with van der Waals surface area (Å²) in [6, 6.07) is 13.4. The number of pyridine rings is 1. The standard InChI is InChI=1S/C40H49F2N4O5/c1-4-44(31-22-29(41)21-30(42)23-31)40(48)37-28-45(32-24-34(49-3)26-35(25-32)50-5-2)38-27-33(11-12-36(38)39(37)47)51-20-10-8-6-7-9-16-46-17-13-43(14-18-46)15-19-46/h11-12,21-28H,4-10,13-20H2,1-3H3/q+1. The molecule has 2 bridgehead atoms. The maximum atomic E-state index is 14.2. The first-order chi connectivity index (χ1) is 24.7. The second-order valence-corrected chi connectivity index (χ2v) is 13.6. The van der Waals surface area contributed by atoms with E-state index in [2.05, 4.69) is 4.90 Å². The van der Waals surface area contributed by atoms with Crippen LogP contribution in [0.4, 0.5) is 14.5 Å². The second-order valence-electron chi connectivity index (χ2n) is 13.6. The summed E-state index contributed by atoms with van der Waals surface area (Å²) in [4.78, 5) is 31.7. The number of unbranched alkanes of at least 4 members (excludes halogenated alkanes) is 4. The molecule has 0 radical (unpaired) electrons. The van der Waals surface area contributed by atoms with Crippen molar-refractivity contribution < 1.29 is 32.3 Å². The number of nitrogens with zero attached hydrogens (tertiary/aromatic N) is 4. The summed E-state index contributed by atoms with van der Waals surface area (Å²) in [7, 11) is 1.55. The van der Waals surface area contributed by atoms with Crippen molar-refractivity contribution in [3.8, 4) is 22.9 Å². The van der Waals surface area contributed by atoms with Crippen LogP contribution in [-0.2, 0) is 0 Å². The van der Waals surface area contributed by atoms with E-state index in [9.17, 15) is 18.4 Å². The number of anilines is 1. The molecule has 7 rings (SSSR count). The van der Waals surface area contributed by atoms with Crippen molar-refractivity contribution in [2.45, 2.75) is 46.0 Å². The van der Waals surface area contributed by atoms with Gasteiger partial charge in [-0.15, -0.1) is 0 Å². The van der Waals surface area contributed by atoms with Crippen molar-refractivity contribution in [2.24, 2.45) is 0 Å². The predicted molar refractivity (Wildman–Crippen MR) is 196 cm³/mol. The molecule has 51 heavy (non-hydrogen) atoms. The Morgan fingerprint density at radius 1 is 0.824 bits per heavy atom. The van der Waals surface area contributed by atoms with E-state index in [1.54, 1.807) is 55.0 Å². The van der Waals surface area contributed by atoms with E-state index in [0.29, 0.717) is 41.7 Å². The molecule has 3 aliphatic heterocycles. The zero-order valence-electron chi connectivity index (χ0n) is 30.0. The number of methoxy groups -OCH3 is 1. The molecule has 0 N–H and O–H groups in total. The number of aromatic nitrogens is 1. The molecular weight excluding hydrogens is 654 g/mol. The molecule has 1 amide bonds. The average molecular weight is 704 g/mol. The molecule has 11 heteroatoms. The van der Waals surface area contributed by atoms with E-state index in [4.69, 9.17) is 14.2 Å². The Labute approximate surface area is 298 Å². The summed E-state index contributed by atoms with van der Waals surface area (Å²) in [5, 5.41) is 0.289. The van der Waals surface area contributed by atoms with Gasteiger partial charge in [0.1, 0.15) is 34.4 Å². The van der Waals surface area contributed by atoms with Crippen LogP contribution in [0.3, 0.4) is 0 Å². The van der Waals surface area contributed by atoms with Gasteiger partial charge in [-0.1, -0.05) is 12.8 Å². The predicted octanol–water partition coefficient (Wildman–Crippen LogP) is 6.82. The summed E-state index contributed by atoms with van der Waals surface area (Å²) in [5.74, 6) is -0.646. The Balaban J connectivity index is 1.22. The Hall–Kier alpha value is -4.48. The number of rotatable bonds is 16. The fraction of sp³-hybridized carbons (Fsp3) is 0.450. The molecule has 9 nitrogen and oxygen atoms in total. The Morgan fingerprint density at radius 3 is 2.20 bits per heavy atom. The average Bonchev–Trinajstić information content (AvgIpc) is 3.13. The molecule has 0 aliphatic carbocycles. The summed E-state index contributed by atoms with van der Waals surface area (Å²) in [5.41, 5.74) is 0.471. The SMILES string of the molecule is CCOc1cc(OC)cc(-n2cc(C(=O)N(CC)c3cc(F)cc(F)c3)c(=O)c3ccc(OCCCCCCC[N+]45CCN(CC4)CC5)cc32)c1. The quantitative estimate of drug-likeness (QED) is 0.0943. The van der Waals surface area contributed by atoms with Crippen LogP contribution in [0, 0.1) is 11.6 Å². The molecular formula is C40H49F2N4O5+. The second kappa shape index (κ2) is 16.2. The number of hydrogen-bond donors (Lipinski definition) is 0. The molecule has 3 saturated heterocycles. The van der Waals surface area contributed by atoms with Crippen LogP contribution in [0.5, 0.6) is 17.2 Å². The fourth-order valence-corrected chi connectivity index (χ4v) is 7.44. The number of carbonyl (C=O) groups is 1. The first-order valence-corrected chi connectivity index (χ1v) is 18.2. The van der Waals surface area contributed by atoms with Crippen LogP contribution < -0.4 is 24.5 Å². The molecule has 0 atom stereocenters. The molecule has 4 heterocycles. The normalized spacial score (nSPS) is 18.2. The number of fused-ring (bicyclic) bond motifs is 4. The topological polar surface area (TPSA) is 73.2 Å². The highest BCUT2D eigenvalue weighted by Crippen LogP contribution is 2.30. The van der Waals surface area contributed by atoms with Gasteiger partial charge in [0, 0.05) is 73.8 Å². The molecule has 0 unspecified atom stereocenters. The van der Waals surface area contributed by atoms with Crippen molar-refractivity contribution in [1.29, 1.82) is 0 Å². The third kappa shape index (κ3) is 8.37. The molecule has 0 saturated carbocycles. The van der Waals surface area contributed by atoms with Crippen molar-refractivity contribution in [2.75, 3.05) is 77.6 Å². The van der Waals surface area contributed by atoms with Gasteiger partial charge in [0.25, 0.3) is 5.91 Å². The van der Waals surface area contributed by atoms with Gasteiger partial charge in [0.2, 0.25) is 5.43 Å². The van der Waals surface area contributed by atoms with Gasteiger partial charge in [-0.2, -0.15) is 0 Å². The van der Waals surface area contributed by atoms with E-state index in [0.717, 1.165) is 31.0 Å². The number of benzene rings is 3. The summed E-state index contributed by atoms with van der Waals surface area (Å²) >= 11 is 0. The van der Waals surface area contributed by atoms with E-state index in [-0.39, 0.29) is 23.2 Å². The number of carbonyl (C=O) groups excluding carboxylic acids is 1. The first kappa shape index (κ1) is 36.3. The van der Waals surface area contributed by atoms with Gasteiger partial charge in [-0.05, 0) is 57.4 Å². The minimum absolute atomic E-state index is 0.0168. The summed E-state index contributed by atoms with van der Waals surface area (Å²) in [6.07, 6.45) is 7.17. The number of amides is 1.